The SMILES string of the molecule is CCC(=O)C(=O)N[C@@H](Cc1ccccc1)C(N)=O. The Kier molecular flexibility index (Phi) is 5.05. The third-order valence-electron chi connectivity index (χ3n) is 2.51. The summed E-state index contributed by atoms with van der Waals surface area (Å²) in [5, 5.41) is 2.35. The van der Waals surface area contributed by atoms with Crippen molar-refractivity contribution in [1.82, 2.24) is 5.32 Å². The first kappa shape index (κ1) is 13.9. The van der Waals surface area contributed by atoms with E-state index in [9.17, 15) is 14.4 Å². The fourth-order valence-corrected chi connectivity index (χ4v) is 1.47. The van der Waals surface area contributed by atoms with Gasteiger partial charge in [0.25, 0.3) is 5.91 Å². The van der Waals surface area contributed by atoms with Gasteiger partial charge in [0.05, 0.1) is 0 Å². The molecule has 5 heteroatoms. The van der Waals surface area contributed by atoms with Crippen LogP contribution in [-0.4, -0.2) is 23.6 Å². The molecule has 1 atom stereocenters. The minimum atomic E-state index is -0.865. The van der Waals surface area contributed by atoms with Crippen LogP contribution in [0.15, 0.2) is 30.3 Å². The average Bonchev–Trinajstić information content (AvgIpc) is 2.37. The third kappa shape index (κ3) is 4.01. The highest BCUT2D eigenvalue weighted by Gasteiger charge is 2.21. The second-order valence-electron chi connectivity index (χ2n) is 3.89. The quantitative estimate of drug-likeness (QED) is 0.704. The zero-order valence-electron chi connectivity index (χ0n) is 10.2. The minimum absolute atomic E-state index is 0.0999. The standard InChI is InChI=1S/C13H16N2O3/c1-2-11(16)13(18)15-10(12(14)17)8-9-6-4-3-5-7-9/h3-7,10H,2,8H2,1H3,(H2,14,17)(H,15,18)/t10-/m0/s1. The highest BCUT2D eigenvalue weighted by molar-refractivity contribution is 6.36. The second-order valence-corrected chi connectivity index (χ2v) is 3.89. The topological polar surface area (TPSA) is 89.3 Å². The van der Waals surface area contributed by atoms with E-state index in [0.29, 0.717) is 0 Å². The number of rotatable bonds is 6. The van der Waals surface area contributed by atoms with Crippen LogP contribution in [0.2, 0.25) is 0 Å². The van der Waals surface area contributed by atoms with Gasteiger partial charge in [-0.1, -0.05) is 37.3 Å². The van der Waals surface area contributed by atoms with Crippen molar-refractivity contribution in [2.45, 2.75) is 25.8 Å². The summed E-state index contributed by atoms with van der Waals surface area (Å²) in [6.45, 7) is 1.58. The van der Waals surface area contributed by atoms with Crippen molar-refractivity contribution in [3.63, 3.8) is 0 Å². The van der Waals surface area contributed by atoms with Gasteiger partial charge in [0.1, 0.15) is 6.04 Å². The average molecular weight is 248 g/mol. The molecule has 0 aliphatic carbocycles. The van der Waals surface area contributed by atoms with Gasteiger partial charge >= 0.3 is 0 Å². The van der Waals surface area contributed by atoms with Gasteiger partial charge < -0.3 is 11.1 Å². The predicted octanol–water partition coefficient (Wildman–Crippen LogP) is 0.178. The van der Waals surface area contributed by atoms with Crippen LogP contribution in [0.4, 0.5) is 0 Å². The van der Waals surface area contributed by atoms with E-state index in [4.69, 9.17) is 5.73 Å². The molecule has 0 saturated heterocycles. The van der Waals surface area contributed by atoms with E-state index < -0.39 is 23.6 Å². The number of carbonyl (C=O) groups is 3. The Morgan fingerprint density at radius 1 is 1.22 bits per heavy atom. The van der Waals surface area contributed by atoms with Crippen molar-refractivity contribution in [3.8, 4) is 0 Å². The highest BCUT2D eigenvalue weighted by atomic mass is 16.2. The summed E-state index contributed by atoms with van der Waals surface area (Å²) in [6.07, 6.45) is 0.377. The Balaban J connectivity index is 2.70. The Morgan fingerprint density at radius 2 is 1.83 bits per heavy atom. The zero-order chi connectivity index (χ0) is 13.5. The normalized spacial score (nSPS) is 11.6. The van der Waals surface area contributed by atoms with E-state index in [-0.39, 0.29) is 12.8 Å². The van der Waals surface area contributed by atoms with Crippen molar-refractivity contribution in [1.29, 1.82) is 0 Å². The van der Waals surface area contributed by atoms with Gasteiger partial charge in [0.15, 0.2) is 0 Å². The minimum Gasteiger partial charge on any atom is -0.368 e. The maximum Gasteiger partial charge on any atom is 0.288 e. The van der Waals surface area contributed by atoms with Crippen LogP contribution in [0.5, 0.6) is 0 Å². The van der Waals surface area contributed by atoms with Crippen molar-refractivity contribution in [3.05, 3.63) is 35.9 Å². The van der Waals surface area contributed by atoms with E-state index in [1.165, 1.54) is 0 Å². The molecule has 0 spiro atoms. The first-order chi connectivity index (χ1) is 8.54. The van der Waals surface area contributed by atoms with Crippen LogP contribution in [0, 0.1) is 0 Å². The molecule has 1 rings (SSSR count). The molecular weight excluding hydrogens is 232 g/mol. The molecule has 0 radical (unpaired) electrons. The molecular formula is C13H16N2O3. The lowest BCUT2D eigenvalue weighted by Crippen LogP contribution is -2.48. The zero-order valence-corrected chi connectivity index (χ0v) is 10.2. The van der Waals surface area contributed by atoms with Crippen LogP contribution in [0.3, 0.4) is 0 Å². The molecule has 96 valence electrons. The molecule has 2 amide bonds. The van der Waals surface area contributed by atoms with Gasteiger partial charge in [-0.25, -0.2) is 0 Å². The molecule has 0 fully saturated rings. The number of hydrogen-bond donors (Lipinski definition) is 2. The summed E-state index contributed by atoms with van der Waals surface area (Å²) in [7, 11) is 0. The molecule has 5 nitrogen and oxygen atoms in total. The Morgan fingerprint density at radius 3 is 2.33 bits per heavy atom. The Bertz CT molecular complexity index is 443. The molecule has 0 unspecified atom stereocenters. The molecule has 0 aliphatic rings. The van der Waals surface area contributed by atoms with Crippen LogP contribution < -0.4 is 11.1 Å². The van der Waals surface area contributed by atoms with Crippen LogP contribution >= 0.6 is 0 Å². The van der Waals surface area contributed by atoms with E-state index in [1.807, 2.05) is 30.3 Å². The van der Waals surface area contributed by atoms with E-state index >= 15 is 0 Å². The van der Waals surface area contributed by atoms with Gasteiger partial charge in [-0.15, -0.1) is 0 Å². The lowest BCUT2D eigenvalue weighted by molar-refractivity contribution is -0.139. The molecule has 0 bridgehead atoms. The molecule has 0 heterocycles. The fraction of sp³-hybridized carbons (Fsp3) is 0.308. The van der Waals surface area contributed by atoms with Gasteiger partial charge in [-0.05, 0) is 5.56 Å². The lowest BCUT2D eigenvalue weighted by atomic mass is 10.1. The van der Waals surface area contributed by atoms with Crippen molar-refractivity contribution in [2.24, 2.45) is 5.73 Å². The number of primary amides is 1. The first-order valence-corrected chi connectivity index (χ1v) is 5.71. The van der Waals surface area contributed by atoms with Gasteiger partial charge in [-0.2, -0.15) is 0 Å². The number of nitrogens with one attached hydrogen (secondary N) is 1. The smallest absolute Gasteiger partial charge is 0.288 e. The molecule has 0 saturated carbocycles. The van der Waals surface area contributed by atoms with E-state index in [2.05, 4.69) is 5.32 Å². The summed E-state index contributed by atoms with van der Waals surface area (Å²) in [5.74, 6) is -1.98. The molecule has 3 N–H and O–H groups in total. The fourth-order valence-electron chi connectivity index (χ4n) is 1.47. The van der Waals surface area contributed by atoms with E-state index in [1.54, 1.807) is 6.92 Å². The largest absolute Gasteiger partial charge is 0.368 e. The second kappa shape index (κ2) is 6.54. The molecule has 1 aromatic rings. The number of benzene rings is 1. The van der Waals surface area contributed by atoms with Crippen molar-refractivity contribution >= 4 is 17.6 Å². The summed E-state index contributed by atoms with van der Waals surface area (Å²) < 4.78 is 0. The number of nitrogens with two attached hydrogens (primary N) is 1. The van der Waals surface area contributed by atoms with Crippen molar-refractivity contribution in [2.75, 3.05) is 0 Å². The van der Waals surface area contributed by atoms with Gasteiger partial charge in [0.2, 0.25) is 11.7 Å². The summed E-state index contributed by atoms with van der Waals surface area (Å²) in [4.78, 5) is 33.8. The summed E-state index contributed by atoms with van der Waals surface area (Å²) in [5.41, 5.74) is 6.08. The van der Waals surface area contributed by atoms with Gasteiger partial charge in [0, 0.05) is 12.8 Å². The Labute approximate surface area is 105 Å². The number of carbonyl (C=O) groups excluding carboxylic acids is 3. The van der Waals surface area contributed by atoms with Crippen LogP contribution in [-0.2, 0) is 20.8 Å². The molecule has 0 aliphatic heterocycles. The lowest BCUT2D eigenvalue weighted by Gasteiger charge is -2.14. The number of hydrogen-bond acceptors (Lipinski definition) is 3. The molecule has 1 aromatic carbocycles. The first-order valence-electron chi connectivity index (χ1n) is 5.71. The van der Waals surface area contributed by atoms with Crippen LogP contribution in [0.1, 0.15) is 18.9 Å². The Hall–Kier alpha value is -2.17. The number of amides is 2. The predicted molar refractivity (Wildman–Crippen MR) is 66.6 cm³/mol. The monoisotopic (exact) mass is 248 g/mol. The maximum atomic E-state index is 11.4. The third-order valence-corrected chi connectivity index (χ3v) is 2.51. The number of Topliss-reactive ketones (excluding diaryl/α,β-unsaturated/α-hetero) is 1. The summed E-state index contributed by atoms with van der Waals surface area (Å²) >= 11 is 0. The molecule has 0 aromatic heterocycles. The number of ketones is 1. The van der Waals surface area contributed by atoms with Crippen molar-refractivity contribution < 1.29 is 14.4 Å². The van der Waals surface area contributed by atoms with Crippen LogP contribution in [0.25, 0.3) is 0 Å². The highest BCUT2D eigenvalue weighted by Crippen LogP contribution is 2.03. The molecule has 18 heavy (non-hydrogen) atoms. The summed E-state index contributed by atoms with van der Waals surface area (Å²) in [6, 6.07) is 8.28. The van der Waals surface area contributed by atoms with Gasteiger partial charge in [-0.3, -0.25) is 14.4 Å². The van der Waals surface area contributed by atoms with E-state index in [0.717, 1.165) is 5.56 Å². The maximum absolute atomic E-state index is 11.4.